The second-order valence-corrected chi connectivity index (χ2v) is 11.8. The van der Waals surface area contributed by atoms with E-state index in [1.165, 1.54) is 27.8 Å². The lowest BCUT2D eigenvalue weighted by Gasteiger charge is -2.34. The predicted molar refractivity (Wildman–Crippen MR) is 151 cm³/mol. The van der Waals surface area contributed by atoms with Crippen molar-refractivity contribution in [3.8, 4) is 16.5 Å². The van der Waals surface area contributed by atoms with Gasteiger partial charge in [-0.15, -0.1) is 11.3 Å². The minimum atomic E-state index is -3.65. The fourth-order valence-corrected chi connectivity index (χ4v) is 6.12. The first-order valence-electron chi connectivity index (χ1n) is 12.7. The number of aromatic nitrogens is 3. The minimum Gasteiger partial charge on any atom is -0.494 e. The van der Waals surface area contributed by atoms with Gasteiger partial charge in [0.15, 0.2) is 0 Å². The number of rotatable bonds is 10. The van der Waals surface area contributed by atoms with Crippen molar-refractivity contribution in [3.63, 3.8) is 0 Å². The second-order valence-electron chi connectivity index (χ2n) is 8.97. The van der Waals surface area contributed by atoms with Crippen LogP contribution in [0.15, 0.2) is 71.1 Å². The first-order valence-corrected chi connectivity index (χ1v) is 15.0. The smallest absolute Gasteiger partial charge is 0.243 e. The van der Waals surface area contributed by atoms with Crippen molar-refractivity contribution in [2.75, 3.05) is 43.0 Å². The molecule has 0 amide bonds. The van der Waals surface area contributed by atoms with Crippen LogP contribution in [0.5, 0.6) is 5.75 Å². The van der Waals surface area contributed by atoms with Crippen molar-refractivity contribution in [2.24, 2.45) is 0 Å². The van der Waals surface area contributed by atoms with Gasteiger partial charge < -0.3 is 15.0 Å². The Bertz CT molecular complexity index is 1480. The molecule has 204 valence electrons. The van der Waals surface area contributed by atoms with E-state index in [1.807, 2.05) is 10.3 Å². The number of nitrogens with zero attached hydrogens (tertiary/aromatic N) is 5. The highest BCUT2D eigenvalue weighted by Crippen LogP contribution is 2.28. The van der Waals surface area contributed by atoms with Gasteiger partial charge >= 0.3 is 0 Å². The number of benzene rings is 2. The van der Waals surface area contributed by atoms with Crippen LogP contribution in [-0.4, -0.2) is 60.5 Å². The van der Waals surface area contributed by atoms with Crippen LogP contribution in [0.25, 0.3) is 10.7 Å². The maximum Gasteiger partial charge on any atom is 0.243 e. The molecule has 0 aliphatic carbocycles. The minimum absolute atomic E-state index is 0.242. The van der Waals surface area contributed by atoms with Gasteiger partial charge in [-0.3, -0.25) is 0 Å². The first-order chi connectivity index (χ1) is 18.9. The van der Waals surface area contributed by atoms with Gasteiger partial charge in [-0.1, -0.05) is 13.3 Å². The Labute approximate surface area is 231 Å². The maximum atomic E-state index is 13.4. The van der Waals surface area contributed by atoms with Crippen molar-refractivity contribution in [1.29, 1.82) is 0 Å². The number of ether oxygens (including phenoxy) is 1. The molecule has 2 aromatic heterocycles. The van der Waals surface area contributed by atoms with Gasteiger partial charge in [-0.25, -0.2) is 22.8 Å². The van der Waals surface area contributed by atoms with Crippen LogP contribution < -0.4 is 15.0 Å². The SMILES string of the molecule is CCCCOc1ccc(S(=O)(=O)N2CCN(c3nc(Nc4ccc(F)cc4)cc(-c4nccs4)n3)CC2)cc1. The maximum absolute atomic E-state index is 13.4. The zero-order chi connectivity index (χ0) is 27.2. The summed E-state index contributed by atoms with van der Waals surface area (Å²) in [6.07, 6.45) is 3.69. The monoisotopic (exact) mass is 568 g/mol. The normalized spacial score (nSPS) is 14.4. The highest BCUT2D eigenvalue weighted by atomic mass is 32.2. The van der Waals surface area contributed by atoms with Crippen molar-refractivity contribution >= 4 is 38.8 Å². The van der Waals surface area contributed by atoms with Crippen LogP contribution in [-0.2, 0) is 10.0 Å². The molecule has 1 aliphatic heterocycles. The van der Waals surface area contributed by atoms with E-state index in [0.29, 0.717) is 61.7 Å². The molecule has 2 aromatic carbocycles. The van der Waals surface area contributed by atoms with Crippen LogP contribution in [0.2, 0.25) is 0 Å². The lowest BCUT2D eigenvalue weighted by Crippen LogP contribution is -2.49. The number of halogens is 1. The number of piperazine rings is 1. The van der Waals surface area contributed by atoms with Gasteiger partial charge in [0.2, 0.25) is 16.0 Å². The van der Waals surface area contributed by atoms with Gasteiger partial charge in [0.05, 0.1) is 11.5 Å². The number of unbranched alkanes of at least 4 members (excludes halogenated alkanes) is 1. The largest absolute Gasteiger partial charge is 0.494 e. The zero-order valence-electron chi connectivity index (χ0n) is 21.5. The molecule has 0 spiro atoms. The number of nitrogens with one attached hydrogen (secondary N) is 1. The summed E-state index contributed by atoms with van der Waals surface area (Å²) in [5.41, 5.74) is 1.33. The number of thiazole rings is 1. The molecule has 4 aromatic rings. The number of anilines is 3. The third-order valence-corrected chi connectivity index (χ3v) is 8.94. The Kier molecular flexibility index (Phi) is 8.34. The van der Waals surface area contributed by atoms with E-state index in [2.05, 4.69) is 22.2 Å². The number of hydrogen-bond donors (Lipinski definition) is 1. The van der Waals surface area contributed by atoms with Crippen LogP contribution in [0.1, 0.15) is 19.8 Å². The third-order valence-electron chi connectivity index (χ3n) is 6.23. The molecule has 12 heteroatoms. The molecular weight excluding hydrogens is 539 g/mol. The van der Waals surface area contributed by atoms with Crippen molar-refractivity contribution in [2.45, 2.75) is 24.7 Å². The van der Waals surface area contributed by atoms with Crippen LogP contribution in [0, 0.1) is 5.82 Å². The fourth-order valence-electron chi connectivity index (χ4n) is 4.10. The van der Waals surface area contributed by atoms with Gasteiger partial charge in [0, 0.05) is 49.5 Å². The van der Waals surface area contributed by atoms with Gasteiger partial charge in [0.25, 0.3) is 0 Å². The van der Waals surface area contributed by atoms with Crippen molar-refractivity contribution in [3.05, 3.63) is 72.0 Å². The summed E-state index contributed by atoms with van der Waals surface area (Å²) in [5, 5.41) is 5.82. The van der Waals surface area contributed by atoms with E-state index in [-0.39, 0.29) is 10.7 Å². The lowest BCUT2D eigenvalue weighted by atomic mass is 10.3. The average molecular weight is 569 g/mol. The quantitative estimate of drug-likeness (QED) is 0.262. The molecule has 1 aliphatic rings. The molecule has 9 nitrogen and oxygen atoms in total. The molecule has 39 heavy (non-hydrogen) atoms. The summed E-state index contributed by atoms with van der Waals surface area (Å²) in [7, 11) is -3.65. The predicted octanol–water partition coefficient (Wildman–Crippen LogP) is 5.17. The van der Waals surface area contributed by atoms with Crippen molar-refractivity contribution in [1.82, 2.24) is 19.3 Å². The Balaban J connectivity index is 1.30. The molecule has 0 unspecified atom stereocenters. The molecule has 1 N–H and O–H groups in total. The molecule has 3 heterocycles. The first kappa shape index (κ1) is 27.0. The van der Waals surface area contributed by atoms with E-state index in [0.717, 1.165) is 17.8 Å². The Morgan fingerprint density at radius 1 is 1.03 bits per heavy atom. The summed E-state index contributed by atoms with van der Waals surface area (Å²) in [4.78, 5) is 16.0. The third kappa shape index (κ3) is 6.52. The highest BCUT2D eigenvalue weighted by molar-refractivity contribution is 7.89. The van der Waals surface area contributed by atoms with Crippen molar-refractivity contribution < 1.29 is 17.5 Å². The topological polar surface area (TPSA) is 101 Å². The second kappa shape index (κ2) is 12.1. The molecule has 0 radical (unpaired) electrons. The molecule has 1 saturated heterocycles. The molecule has 0 atom stereocenters. The van der Waals surface area contributed by atoms with E-state index >= 15 is 0 Å². The zero-order valence-corrected chi connectivity index (χ0v) is 23.1. The number of hydrogen-bond acceptors (Lipinski definition) is 9. The van der Waals surface area contributed by atoms with Gasteiger partial charge in [-0.2, -0.15) is 9.29 Å². The lowest BCUT2D eigenvalue weighted by molar-refractivity contribution is 0.309. The molecule has 5 rings (SSSR count). The Hall–Kier alpha value is -3.61. The van der Waals surface area contributed by atoms with Gasteiger partial charge in [-0.05, 0) is 55.0 Å². The van der Waals surface area contributed by atoms with Crippen LogP contribution in [0.3, 0.4) is 0 Å². The highest BCUT2D eigenvalue weighted by Gasteiger charge is 2.30. The summed E-state index contributed by atoms with van der Waals surface area (Å²) < 4.78 is 47.1. The summed E-state index contributed by atoms with van der Waals surface area (Å²) in [5.74, 6) is 1.34. The fraction of sp³-hybridized carbons (Fsp3) is 0.296. The molecular formula is C27H29FN6O3S2. The Morgan fingerprint density at radius 2 is 1.77 bits per heavy atom. The average Bonchev–Trinajstić information content (AvgIpc) is 3.50. The van der Waals surface area contributed by atoms with E-state index in [1.54, 1.807) is 48.7 Å². The summed E-state index contributed by atoms with van der Waals surface area (Å²) in [6.45, 7) is 4.14. The van der Waals surface area contributed by atoms with Crippen LogP contribution in [0.4, 0.5) is 21.8 Å². The van der Waals surface area contributed by atoms with Gasteiger partial charge in [0.1, 0.15) is 28.1 Å². The Morgan fingerprint density at radius 3 is 2.44 bits per heavy atom. The molecule has 1 fully saturated rings. The van der Waals surface area contributed by atoms with Crippen LogP contribution >= 0.6 is 11.3 Å². The van der Waals surface area contributed by atoms with E-state index in [9.17, 15) is 12.8 Å². The van der Waals surface area contributed by atoms with E-state index in [4.69, 9.17) is 9.72 Å². The molecule has 0 saturated carbocycles. The summed E-state index contributed by atoms with van der Waals surface area (Å²) in [6, 6.07) is 14.4. The standard InChI is InChI=1S/C27H29FN6O3S2/c1-2-3-17-37-22-8-10-23(11-9-22)39(35,36)34-15-13-33(14-16-34)27-31-24(26-29-12-18-38-26)19-25(32-27)30-21-6-4-20(28)5-7-21/h4-12,18-19H,2-3,13-17H2,1H3,(H,30,31,32). The van der Waals surface area contributed by atoms with E-state index < -0.39 is 10.0 Å². The molecule has 0 bridgehead atoms. The number of sulfonamides is 1. The summed E-state index contributed by atoms with van der Waals surface area (Å²) >= 11 is 1.46.